The summed E-state index contributed by atoms with van der Waals surface area (Å²) in [6, 6.07) is 1.32. The van der Waals surface area contributed by atoms with Crippen LogP contribution in [0.4, 0.5) is 20.6 Å². The third-order valence-electron chi connectivity index (χ3n) is 5.55. The van der Waals surface area contributed by atoms with Gasteiger partial charge in [0.2, 0.25) is 0 Å². The molecule has 1 saturated carbocycles. The van der Waals surface area contributed by atoms with E-state index < -0.39 is 17.6 Å². The summed E-state index contributed by atoms with van der Waals surface area (Å²) in [7, 11) is 0. The van der Waals surface area contributed by atoms with E-state index in [9.17, 15) is 13.6 Å². The maximum absolute atomic E-state index is 14.5. The Labute approximate surface area is 185 Å². The first-order valence-electron chi connectivity index (χ1n) is 10.3. The van der Waals surface area contributed by atoms with Gasteiger partial charge in [-0.15, -0.1) is 0 Å². The molecule has 0 aromatic carbocycles. The Balaban J connectivity index is 1.32. The summed E-state index contributed by atoms with van der Waals surface area (Å²) >= 11 is 0. The van der Waals surface area contributed by atoms with E-state index >= 15 is 0 Å². The zero-order valence-corrected chi connectivity index (χ0v) is 17.2. The fourth-order valence-electron chi connectivity index (χ4n) is 4.02. The predicted octanol–water partition coefficient (Wildman–Crippen LogP) is 3.82. The lowest BCUT2D eigenvalue weighted by Gasteiger charge is -2.30. The molecule has 0 radical (unpaired) electrons. The zero-order valence-electron chi connectivity index (χ0n) is 17.2. The number of fused-ring (bicyclic) bond motifs is 1. The van der Waals surface area contributed by atoms with Gasteiger partial charge in [-0.25, -0.2) is 28.5 Å². The van der Waals surface area contributed by atoms with E-state index in [1.54, 1.807) is 6.20 Å². The molecule has 0 unspecified atom stereocenters. The molecule has 1 fully saturated rings. The van der Waals surface area contributed by atoms with Crippen molar-refractivity contribution in [3.63, 3.8) is 0 Å². The molecule has 12 heteroatoms. The maximum atomic E-state index is 14.5. The van der Waals surface area contributed by atoms with Gasteiger partial charge in [-0.05, 0) is 31.7 Å². The van der Waals surface area contributed by atoms with Crippen molar-refractivity contribution in [2.24, 2.45) is 0 Å². The van der Waals surface area contributed by atoms with Gasteiger partial charge in [0, 0.05) is 29.2 Å². The highest BCUT2D eigenvalue weighted by Crippen LogP contribution is 2.29. The molecule has 5 rings (SSSR count). The number of hydrogen-bond acceptors (Lipinski definition) is 8. The number of aromatic carboxylic acids is 1. The maximum Gasteiger partial charge on any atom is 0.357 e. The lowest BCUT2D eigenvalue weighted by Crippen LogP contribution is -2.35. The fourth-order valence-corrected chi connectivity index (χ4v) is 4.02. The van der Waals surface area contributed by atoms with Gasteiger partial charge in [0.05, 0.1) is 12.4 Å². The van der Waals surface area contributed by atoms with Crippen molar-refractivity contribution in [2.75, 3.05) is 10.6 Å². The van der Waals surface area contributed by atoms with Gasteiger partial charge in [-0.1, -0.05) is 0 Å². The van der Waals surface area contributed by atoms with Crippen LogP contribution in [-0.4, -0.2) is 48.1 Å². The molecular weight excluding hydrogens is 436 g/mol. The minimum absolute atomic E-state index is 0.0384. The number of rotatable bonds is 6. The fraction of sp³-hybridized carbons (Fsp3) is 0.286. The number of anilines is 2. The van der Waals surface area contributed by atoms with Crippen LogP contribution in [0.25, 0.3) is 22.4 Å². The number of carbonyl (C=O) groups is 1. The average Bonchev–Trinajstić information content (AvgIpc) is 3.43. The molecule has 0 bridgehead atoms. The number of aromatic amines is 1. The SMILES string of the molecule is O=C(O)c1coc(N[C@@H]2CCC[C@H](Nc3nc(-c4c[nH]c5ncc(F)cc45)ncc3F)C2)n1. The molecule has 33 heavy (non-hydrogen) atoms. The van der Waals surface area contributed by atoms with Crippen molar-refractivity contribution in [1.29, 1.82) is 0 Å². The van der Waals surface area contributed by atoms with E-state index in [-0.39, 0.29) is 35.4 Å². The second-order valence-electron chi connectivity index (χ2n) is 7.83. The first-order valence-corrected chi connectivity index (χ1v) is 10.3. The Hall–Kier alpha value is -4.09. The van der Waals surface area contributed by atoms with Crippen LogP contribution in [0.15, 0.2) is 35.3 Å². The van der Waals surface area contributed by atoms with Crippen LogP contribution < -0.4 is 10.6 Å². The molecule has 4 aromatic heterocycles. The largest absolute Gasteiger partial charge is 0.476 e. The van der Waals surface area contributed by atoms with Crippen molar-refractivity contribution in [3.05, 3.63) is 48.2 Å². The number of H-pyrrole nitrogens is 1. The Morgan fingerprint density at radius 1 is 1.15 bits per heavy atom. The number of carboxylic acids is 1. The first-order chi connectivity index (χ1) is 16.0. The highest BCUT2D eigenvalue weighted by atomic mass is 19.1. The normalized spacial score (nSPS) is 18.4. The third-order valence-corrected chi connectivity index (χ3v) is 5.55. The Bertz CT molecular complexity index is 1320. The monoisotopic (exact) mass is 455 g/mol. The number of nitrogens with zero attached hydrogens (tertiary/aromatic N) is 4. The highest BCUT2D eigenvalue weighted by Gasteiger charge is 2.25. The van der Waals surface area contributed by atoms with E-state index in [4.69, 9.17) is 9.52 Å². The number of oxazole rings is 1. The van der Waals surface area contributed by atoms with Crippen LogP contribution in [0.1, 0.15) is 36.2 Å². The summed E-state index contributed by atoms with van der Waals surface area (Å²) in [5.41, 5.74) is 0.819. The quantitative estimate of drug-likeness (QED) is 0.341. The Kier molecular flexibility index (Phi) is 5.32. The highest BCUT2D eigenvalue weighted by molar-refractivity contribution is 5.91. The molecule has 0 spiro atoms. The van der Waals surface area contributed by atoms with Crippen molar-refractivity contribution < 1.29 is 23.1 Å². The van der Waals surface area contributed by atoms with Crippen LogP contribution >= 0.6 is 0 Å². The third kappa shape index (κ3) is 4.31. The molecule has 10 nitrogen and oxygen atoms in total. The molecule has 1 aliphatic rings. The van der Waals surface area contributed by atoms with Crippen LogP contribution in [0, 0.1) is 11.6 Å². The van der Waals surface area contributed by atoms with E-state index in [1.807, 2.05) is 0 Å². The van der Waals surface area contributed by atoms with Gasteiger partial charge in [-0.2, -0.15) is 4.98 Å². The van der Waals surface area contributed by atoms with Gasteiger partial charge < -0.3 is 25.1 Å². The summed E-state index contributed by atoms with van der Waals surface area (Å²) in [6.07, 6.45) is 7.97. The molecule has 4 N–H and O–H groups in total. The summed E-state index contributed by atoms with van der Waals surface area (Å²) in [6.45, 7) is 0. The Morgan fingerprint density at radius 2 is 1.97 bits per heavy atom. The summed E-state index contributed by atoms with van der Waals surface area (Å²) < 4.78 is 33.3. The smallest absolute Gasteiger partial charge is 0.357 e. The zero-order chi connectivity index (χ0) is 22.9. The van der Waals surface area contributed by atoms with Crippen LogP contribution in [0.5, 0.6) is 0 Å². The minimum atomic E-state index is -1.17. The van der Waals surface area contributed by atoms with Crippen molar-refractivity contribution in [1.82, 2.24) is 24.9 Å². The average molecular weight is 455 g/mol. The van der Waals surface area contributed by atoms with Crippen molar-refractivity contribution in [2.45, 2.75) is 37.8 Å². The van der Waals surface area contributed by atoms with Gasteiger partial charge >= 0.3 is 5.97 Å². The van der Waals surface area contributed by atoms with E-state index in [2.05, 4.69) is 35.6 Å². The second-order valence-corrected chi connectivity index (χ2v) is 7.83. The summed E-state index contributed by atoms with van der Waals surface area (Å²) in [5, 5.41) is 15.7. The number of aromatic nitrogens is 5. The van der Waals surface area contributed by atoms with E-state index in [0.29, 0.717) is 23.0 Å². The molecule has 4 aromatic rings. The van der Waals surface area contributed by atoms with E-state index in [1.165, 1.54) is 6.07 Å². The summed E-state index contributed by atoms with van der Waals surface area (Å²) in [4.78, 5) is 30.2. The molecule has 0 aliphatic heterocycles. The molecule has 1 aliphatic carbocycles. The molecule has 4 heterocycles. The number of pyridine rings is 1. The number of carboxylic acid groups (broad SMARTS) is 1. The van der Waals surface area contributed by atoms with Gasteiger partial charge in [0.15, 0.2) is 23.2 Å². The van der Waals surface area contributed by atoms with Gasteiger partial charge in [0.1, 0.15) is 17.7 Å². The number of nitrogens with one attached hydrogen (secondary N) is 3. The first kappa shape index (κ1) is 20.8. The topological polar surface area (TPSA) is 142 Å². The lowest BCUT2D eigenvalue weighted by molar-refractivity contribution is 0.0690. The van der Waals surface area contributed by atoms with Crippen LogP contribution in [0.2, 0.25) is 0 Å². The Morgan fingerprint density at radius 3 is 2.76 bits per heavy atom. The van der Waals surface area contributed by atoms with Crippen LogP contribution in [0.3, 0.4) is 0 Å². The van der Waals surface area contributed by atoms with Crippen molar-refractivity contribution >= 4 is 28.8 Å². The molecular formula is C21H19F2N7O3. The summed E-state index contributed by atoms with van der Waals surface area (Å²) in [5.74, 6) is -1.97. The van der Waals surface area contributed by atoms with Crippen LogP contribution in [-0.2, 0) is 0 Å². The second kappa shape index (κ2) is 8.45. The molecule has 0 saturated heterocycles. The standard InChI is InChI=1S/C21H19F2N7O3/c22-10-4-13-14(7-25-17(13)24-6-10)18-26-8-15(23)19(30-18)27-11-2-1-3-12(5-11)28-21-29-16(9-33-21)20(31)32/h4,6-9,11-12H,1-3,5H2,(H,24,25)(H,28,29)(H,31,32)(H,26,27,30)/t11-,12+/m0/s1. The molecule has 2 atom stereocenters. The van der Waals surface area contributed by atoms with Crippen molar-refractivity contribution in [3.8, 4) is 11.4 Å². The molecule has 0 amide bonds. The predicted molar refractivity (Wildman–Crippen MR) is 114 cm³/mol. The van der Waals surface area contributed by atoms with Gasteiger partial charge in [0.25, 0.3) is 6.01 Å². The van der Waals surface area contributed by atoms with Gasteiger partial charge in [-0.3, -0.25) is 0 Å². The van der Waals surface area contributed by atoms with E-state index in [0.717, 1.165) is 37.9 Å². The number of halogens is 2. The molecule has 170 valence electrons. The number of hydrogen-bond donors (Lipinski definition) is 4. The lowest BCUT2D eigenvalue weighted by atomic mass is 9.91. The minimum Gasteiger partial charge on any atom is -0.476 e.